The van der Waals surface area contributed by atoms with Crippen molar-refractivity contribution in [2.75, 3.05) is 26.0 Å². The van der Waals surface area contributed by atoms with Gasteiger partial charge < -0.3 is 20.6 Å². The molecular weight excluding hydrogens is 428 g/mol. The molecule has 4 nitrogen and oxygen atoms in total. The first-order valence-corrected chi connectivity index (χ1v) is 12.7. The van der Waals surface area contributed by atoms with Crippen LogP contribution in [-0.2, 0) is 19.3 Å². The molecule has 0 amide bonds. The number of aliphatic hydroxyl groups is 1. The summed E-state index contributed by atoms with van der Waals surface area (Å²) in [5, 5.41) is 10.0. The summed E-state index contributed by atoms with van der Waals surface area (Å²) in [6.45, 7) is 1.71. The van der Waals surface area contributed by atoms with Crippen LogP contribution in [0, 0.1) is 0 Å². The zero-order valence-electron chi connectivity index (χ0n) is 19.1. The third-order valence-electron chi connectivity index (χ3n) is 5.98. The Bertz CT molecular complexity index is 1180. The van der Waals surface area contributed by atoms with Gasteiger partial charge in [0.2, 0.25) is 0 Å². The molecule has 3 aromatic carbocycles. The number of nitrogens with one attached hydrogen (secondary N) is 1. The lowest BCUT2D eigenvalue weighted by molar-refractivity contribution is 0.289. The van der Waals surface area contributed by atoms with Crippen LogP contribution < -0.4 is 10.5 Å². The van der Waals surface area contributed by atoms with Crippen LogP contribution in [0.2, 0.25) is 0 Å². The molecule has 0 atom stereocenters. The van der Waals surface area contributed by atoms with Gasteiger partial charge in [0.25, 0.3) is 0 Å². The van der Waals surface area contributed by atoms with Crippen LogP contribution in [0.3, 0.4) is 0 Å². The molecule has 1 aromatic heterocycles. The Balaban J connectivity index is 0.000000172. The van der Waals surface area contributed by atoms with Gasteiger partial charge in [-0.15, -0.1) is 11.8 Å². The third kappa shape index (κ3) is 5.61. The highest BCUT2D eigenvalue weighted by molar-refractivity contribution is 7.98. The molecule has 1 aliphatic heterocycles. The van der Waals surface area contributed by atoms with Crippen LogP contribution in [-0.4, -0.2) is 36.1 Å². The summed E-state index contributed by atoms with van der Waals surface area (Å²) < 4.78 is 5.75. The largest absolute Gasteiger partial charge is 0.493 e. The molecule has 2 heterocycles. The zero-order valence-corrected chi connectivity index (χ0v) is 20.0. The summed E-state index contributed by atoms with van der Waals surface area (Å²) in [4.78, 5) is 4.51. The minimum Gasteiger partial charge on any atom is -0.493 e. The van der Waals surface area contributed by atoms with E-state index in [9.17, 15) is 0 Å². The van der Waals surface area contributed by atoms with Crippen molar-refractivity contribution < 1.29 is 9.84 Å². The summed E-state index contributed by atoms with van der Waals surface area (Å²) in [5.74, 6) is 1.07. The smallest absolute Gasteiger partial charge is 0.125 e. The maximum atomic E-state index is 8.73. The Morgan fingerprint density at radius 2 is 1.82 bits per heavy atom. The summed E-state index contributed by atoms with van der Waals surface area (Å²) >= 11 is 1.77. The Morgan fingerprint density at radius 3 is 2.58 bits per heavy atom. The number of ether oxygens (including phenoxy) is 1. The van der Waals surface area contributed by atoms with Crippen molar-refractivity contribution in [3.63, 3.8) is 0 Å². The number of H-pyrrole nitrogens is 1. The maximum Gasteiger partial charge on any atom is 0.125 e. The Kier molecular flexibility index (Phi) is 8.10. The fourth-order valence-corrected chi connectivity index (χ4v) is 4.70. The van der Waals surface area contributed by atoms with E-state index in [1.807, 2.05) is 18.3 Å². The number of benzene rings is 3. The molecule has 33 heavy (non-hydrogen) atoms. The first-order valence-electron chi connectivity index (χ1n) is 11.5. The lowest BCUT2D eigenvalue weighted by atomic mass is 9.97. The third-order valence-corrected chi connectivity index (χ3v) is 6.72. The number of fused-ring (bicyclic) bond motifs is 2. The van der Waals surface area contributed by atoms with Gasteiger partial charge in [-0.25, -0.2) is 0 Å². The highest BCUT2D eigenvalue weighted by atomic mass is 32.2. The normalized spacial score (nSPS) is 12.2. The molecule has 0 fully saturated rings. The van der Waals surface area contributed by atoms with E-state index in [-0.39, 0.29) is 6.61 Å². The van der Waals surface area contributed by atoms with E-state index in [4.69, 9.17) is 15.6 Å². The Labute approximate surface area is 200 Å². The van der Waals surface area contributed by atoms with E-state index in [0.717, 1.165) is 38.0 Å². The van der Waals surface area contributed by atoms with Crippen molar-refractivity contribution in [3.05, 3.63) is 83.6 Å². The predicted octanol–water partition coefficient (Wildman–Crippen LogP) is 5.60. The first kappa shape index (κ1) is 23.4. The van der Waals surface area contributed by atoms with Crippen LogP contribution in [0.5, 0.6) is 5.75 Å². The fourth-order valence-electron chi connectivity index (χ4n) is 4.29. The second-order valence-electron chi connectivity index (χ2n) is 8.18. The number of aromatic nitrogens is 1. The van der Waals surface area contributed by atoms with Crippen LogP contribution in [0.15, 0.2) is 71.8 Å². The molecule has 4 N–H and O–H groups in total. The second-order valence-corrected chi connectivity index (χ2v) is 9.06. The Morgan fingerprint density at radius 1 is 1.00 bits per heavy atom. The lowest BCUT2D eigenvalue weighted by Crippen LogP contribution is -2.04. The van der Waals surface area contributed by atoms with E-state index in [1.165, 1.54) is 43.6 Å². The highest BCUT2D eigenvalue weighted by Gasteiger charge is 2.17. The molecule has 0 saturated carbocycles. The van der Waals surface area contributed by atoms with Crippen LogP contribution in [0.25, 0.3) is 22.0 Å². The maximum absolute atomic E-state index is 8.73. The first-order chi connectivity index (χ1) is 16.2. The number of aromatic amines is 1. The average molecular weight is 461 g/mol. The van der Waals surface area contributed by atoms with Gasteiger partial charge >= 0.3 is 0 Å². The van der Waals surface area contributed by atoms with Crippen LogP contribution in [0.1, 0.15) is 23.1 Å². The van der Waals surface area contributed by atoms with E-state index in [1.54, 1.807) is 11.8 Å². The number of thioether (sulfide) groups is 1. The average Bonchev–Trinajstić information content (AvgIpc) is 3.50. The van der Waals surface area contributed by atoms with Gasteiger partial charge in [-0.3, -0.25) is 0 Å². The van der Waals surface area contributed by atoms with Crippen molar-refractivity contribution in [2.45, 2.75) is 30.6 Å². The van der Waals surface area contributed by atoms with Crippen molar-refractivity contribution in [1.82, 2.24) is 4.98 Å². The molecule has 0 bridgehead atoms. The van der Waals surface area contributed by atoms with Gasteiger partial charge in [0.05, 0.1) is 6.61 Å². The number of hydrogen-bond acceptors (Lipinski definition) is 4. The molecule has 0 saturated heterocycles. The molecule has 5 rings (SSSR count). The molecule has 0 unspecified atom stereocenters. The summed E-state index contributed by atoms with van der Waals surface area (Å²) in [6, 6.07) is 21.5. The van der Waals surface area contributed by atoms with Gasteiger partial charge in [0.1, 0.15) is 5.75 Å². The van der Waals surface area contributed by atoms with Crippen LogP contribution >= 0.6 is 11.8 Å². The Hall–Kier alpha value is -2.73. The molecule has 0 radical (unpaired) electrons. The predicted molar refractivity (Wildman–Crippen MR) is 139 cm³/mol. The molecule has 0 aliphatic carbocycles. The monoisotopic (exact) mass is 460 g/mol. The molecule has 4 aromatic rings. The van der Waals surface area contributed by atoms with Crippen molar-refractivity contribution in [1.29, 1.82) is 0 Å². The van der Waals surface area contributed by atoms with Crippen molar-refractivity contribution in [3.8, 4) is 16.9 Å². The summed E-state index contributed by atoms with van der Waals surface area (Å²) in [5.41, 5.74) is 13.3. The number of aryl methyl sites for hydroxylation is 1. The van der Waals surface area contributed by atoms with E-state index < -0.39 is 0 Å². The number of rotatable bonds is 7. The lowest BCUT2D eigenvalue weighted by Gasteiger charge is -2.11. The topological polar surface area (TPSA) is 71.3 Å². The minimum atomic E-state index is 0.263. The molecule has 0 spiro atoms. The van der Waals surface area contributed by atoms with E-state index in [0.29, 0.717) is 6.54 Å². The zero-order chi connectivity index (χ0) is 23.0. The van der Waals surface area contributed by atoms with Gasteiger partial charge in [-0.05, 0) is 90.2 Å². The fraction of sp³-hybridized carbons (Fsp3) is 0.286. The van der Waals surface area contributed by atoms with E-state index in [2.05, 4.69) is 59.8 Å². The van der Waals surface area contributed by atoms with Gasteiger partial charge in [0, 0.05) is 35.0 Å². The van der Waals surface area contributed by atoms with Gasteiger partial charge in [-0.2, -0.15) is 0 Å². The quantitative estimate of drug-likeness (QED) is 0.314. The van der Waals surface area contributed by atoms with E-state index >= 15 is 0 Å². The van der Waals surface area contributed by atoms with Crippen molar-refractivity contribution >= 4 is 22.7 Å². The standard InChI is InChI=1S/C17H19NOS.C11H13NO/c1-20-16-4-2-12(3-5-16)15-10-13(6-8-18)17-14(11-15)7-9-19-17;13-7-3-4-9-8-12-11-6-2-1-5-10(9)11/h2-5,10-11H,6-9,18H2,1H3;1-2,5-6,8,12-13H,3-4,7H2. The summed E-state index contributed by atoms with van der Waals surface area (Å²) in [7, 11) is 0. The van der Waals surface area contributed by atoms with Crippen LogP contribution in [0.4, 0.5) is 0 Å². The van der Waals surface area contributed by atoms with Gasteiger partial charge in [0.15, 0.2) is 0 Å². The molecule has 172 valence electrons. The molecule has 1 aliphatic rings. The minimum absolute atomic E-state index is 0.263. The molecule has 5 heteroatoms. The summed E-state index contributed by atoms with van der Waals surface area (Å²) in [6.07, 6.45) is 7.78. The number of nitrogens with two attached hydrogens (primary N) is 1. The molecular formula is C28H32N2O2S. The highest BCUT2D eigenvalue weighted by Crippen LogP contribution is 2.35. The number of hydrogen-bond donors (Lipinski definition) is 3. The number of para-hydroxylation sites is 1. The SMILES string of the molecule is CSc1ccc(-c2cc(CCN)c3c(c2)CCO3)cc1.OCCCc1c[nH]c2ccccc12. The van der Waals surface area contributed by atoms with Crippen molar-refractivity contribution in [2.24, 2.45) is 5.73 Å². The van der Waals surface area contributed by atoms with Gasteiger partial charge in [-0.1, -0.05) is 30.3 Å². The second kappa shape index (κ2) is 11.4. The number of aliphatic hydroxyl groups excluding tert-OH is 1.